The van der Waals surface area contributed by atoms with Crippen LogP contribution < -0.4 is 10.1 Å². The summed E-state index contributed by atoms with van der Waals surface area (Å²) in [6.45, 7) is 1.56. The van der Waals surface area contributed by atoms with Crippen LogP contribution in [0.25, 0.3) is 0 Å². The number of carbonyl (C=O) groups excluding carboxylic acids is 2. The minimum absolute atomic E-state index is 0.0165. The summed E-state index contributed by atoms with van der Waals surface area (Å²) < 4.78 is 23.3. The highest BCUT2D eigenvalue weighted by Crippen LogP contribution is 2.19. The summed E-state index contributed by atoms with van der Waals surface area (Å²) >= 11 is 0. The van der Waals surface area contributed by atoms with Gasteiger partial charge in [-0.1, -0.05) is 0 Å². The first-order chi connectivity index (χ1) is 11.7. The van der Waals surface area contributed by atoms with Gasteiger partial charge >= 0.3 is 5.97 Å². The Bertz CT molecular complexity index is 648. The molecule has 0 aliphatic carbocycles. The van der Waals surface area contributed by atoms with Gasteiger partial charge in [0.05, 0.1) is 25.7 Å². The van der Waals surface area contributed by atoms with Gasteiger partial charge in [0.25, 0.3) is 0 Å². The first-order valence-corrected chi connectivity index (χ1v) is 7.59. The SMILES string of the molecule is COCC(C)(CC(=O)O)NC(=O)CCC(=O)c1ccc(OC)c(F)c1. The minimum Gasteiger partial charge on any atom is -0.494 e. The molecule has 138 valence electrons. The van der Waals surface area contributed by atoms with Crippen LogP contribution in [0.5, 0.6) is 5.75 Å². The number of hydrogen-bond donors (Lipinski definition) is 2. The van der Waals surface area contributed by atoms with Gasteiger partial charge in [0, 0.05) is 25.5 Å². The first kappa shape index (κ1) is 20.6. The number of ketones is 1. The third-order valence-electron chi connectivity index (χ3n) is 3.50. The molecule has 1 aromatic carbocycles. The molecule has 8 heteroatoms. The van der Waals surface area contributed by atoms with Crippen molar-refractivity contribution in [1.29, 1.82) is 0 Å². The molecule has 0 saturated carbocycles. The third kappa shape index (κ3) is 6.50. The van der Waals surface area contributed by atoms with Crippen molar-refractivity contribution < 1.29 is 33.4 Å². The molecule has 1 rings (SSSR count). The number of hydrogen-bond acceptors (Lipinski definition) is 5. The van der Waals surface area contributed by atoms with E-state index in [0.717, 1.165) is 6.07 Å². The predicted octanol–water partition coefficient (Wildman–Crippen LogP) is 1.79. The highest BCUT2D eigenvalue weighted by molar-refractivity contribution is 5.98. The smallest absolute Gasteiger partial charge is 0.305 e. The summed E-state index contributed by atoms with van der Waals surface area (Å²) in [7, 11) is 2.71. The van der Waals surface area contributed by atoms with E-state index in [0.29, 0.717) is 0 Å². The molecule has 0 spiro atoms. The Morgan fingerprint density at radius 3 is 2.44 bits per heavy atom. The topological polar surface area (TPSA) is 102 Å². The second-order valence-corrected chi connectivity index (χ2v) is 5.88. The number of amides is 1. The molecule has 0 heterocycles. The lowest BCUT2D eigenvalue weighted by molar-refractivity contribution is -0.139. The minimum atomic E-state index is -1.08. The highest BCUT2D eigenvalue weighted by Gasteiger charge is 2.29. The zero-order chi connectivity index (χ0) is 19.0. The summed E-state index contributed by atoms with van der Waals surface area (Å²) in [6, 6.07) is 3.81. The standard InChI is InChI=1S/C17H22FNO6/c1-17(10-24-2,9-16(22)23)19-15(21)7-5-13(20)11-4-6-14(25-3)12(18)8-11/h4,6,8H,5,7,9-10H2,1-3H3,(H,19,21)(H,22,23). The van der Waals surface area contributed by atoms with E-state index in [4.69, 9.17) is 14.6 Å². The predicted molar refractivity (Wildman–Crippen MR) is 87.2 cm³/mol. The Morgan fingerprint density at radius 2 is 1.92 bits per heavy atom. The summed E-state index contributed by atoms with van der Waals surface area (Å²) in [5.74, 6) is -2.60. The molecule has 1 atom stereocenters. The zero-order valence-electron chi connectivity index (χ0n) is 14.4. The largest absolute Gasteiger partial charge is 0.494 e. The van der Waals surface area contributed by atoms with Crippen molar-refractivity contribution in [2.45, 2.75) is 31.7 Å². The van der Waals surface area contributed by atoms with Gasteiger partial charge in [0.15, 0.2) is 17.3 Å². The van der Waals surface area contributed by atoms with Crippen molar-refractivity contribution in [2.24, 2.45) is 0 Å². The quantitative estimate of drug-likeness (QED) is 0.621. The number of carbonyl (C=O) groups is 3. The van der Waals surface area contributed by atoms with Gasteiger partial charge in [-0.05, 0) is 25.1 Å². The maximum atomic E-state index is 13.6. The van der Waals surface area contributed by atoms with E-state index in [1.807, 2.05) is 0 Å². The van der Waals surface area contributed by atoms with Crippen molar-refractivity contribution in [3.63, 3.8) is 0 Å². The highest BCUT2D eigenvalue weighted by atomic mass is 19.1. The fourth-order valence-electron chi connectivity index (χ4n) is 2.39. The lowest BCUT2D eigenvalue weighted by atomic mass is 9.98. The number of benzene rings is 1. The Labute approximate surface area is 145 Å². The van der Waals surface area contributed by atoms with Crippen LogP contribution in [0.4, 0.5) is 4.39 Å². The molecule has 0 aliphatic heterocycles. The average Bonchev–Trinajstić information content (AvgIpc) is 2.51. The number of rotatable bonds is 10. The van der Waals surface area contributed by atoms with E-state index in [1.165, 1.54) is 26.4 Å². The molecule has 0 saturated heterocycles. The molecule has 7 nitrogen and oxygen atoms in total. The summed E-state index contributed by atoms with van der Waals surface area (Å²) in [6.07, 6.45) is -0.594. The van der Waals surface area contributed by atoms with Gasteiger partial charge < -0.3 is 19.9 Å². The molecule has 0 aromatic heterocycles. The van der Waals surface area contributed by atoms with Crippen LogP contribution >= 0.6 is 0 Å². The van der Waals surface area contributed by atoms with Gasteiger partial charge in [-0.2, -0.15) is 0 Å². The van der Waals surface area contributed by atoms with E-state index in [9.17, 15) is 18.8 Å². The fourth-order valence-corrected chi connectivity index (χ4v) is 2.39. The van der Waals surface area contributed by atoms with Gasteiger partial charge in [-0.3, -0.25) is 14.4 Å². The molecular formula is C17H22FNO6. The van der Waals surface area contributed by atoms with E-state index in [-0.39, 0.29) is 37.2 Å². The maximum absolute atomic E-state index is 13.6. The van der Waals surface area contributed by atoms with E-state index < -0.39 is 29.0 Å². The van der Waals surface area contributed by atoms with Gasteiger partial charge in [0.2, 0.25) is 5.91 Å². The first-order valence-electron chi connectivity index (χ1n) is 7.59. The average molecular weight is 355 g/mol. The van der Waals surface area contributed by atoms with Crippen molar-refractivity contribution in [3.8, 4) is 5.75 Å². The Kier molecular flexibility index (Phi) is 7.50. The Hall–Kier alpha value is -2.48. The van der Waals surface area contributed by atoms with Crippen LogP contribution in [0.1, 0.15) is 36.5 Å². The van der Waals surface area contributed by atoms with Crippen molar-refractivity contribution in [3.05, 3.63) is 29.6 Å². The van der Waals surface area contributed by atoms with Crippen LogP contribution in [0.15, 0.2) is 18.2 Å². The zero-order valence-corrected chi connectivity index (χ0v) is 14.4. The second-order valence-electron chi connectivity index (χ2n) is 5.88. The number of methoxy groups -OCH3 is 2. The van der Waals surface area contributed by atoms with Crippen molar-refractivity contribution >= 4 is 17.7 Å². The molecule has 0 fully saturated rings. The molecule has 0 bridgehead atoms. The van der Waals surface area contributed by atoms with Crippen LogP contribution in [0.3, 0.4) is 0 Å². The normalized spacial score (nSPS) is 13.0. The molecule has 1 unspecified atom stereocenters. The van der Waals surface area contributed by atoms with Crippen LogP contribution in [0.2, 0.25) is 0 Å². The molecule has 1 aromatic rings. The monoisotopic (exact) mass is 355 g/mol. The number of carboxylic acid groups (broad SMARTS) is 1. The van der Waals surface area contributed by atoms with E-state index in [2.05, 4.69) is 5.32 Å². The summed E-state index contributed by atoms with van der Waals surface area (Å²) in [5, 5.41) is 11.5. The number of carboxylic acids is 1. The maximum Gasteiger partial charge on any atom is 0.305 e. The lowest BCUT2D eigenvalue weighted by Crippen LogP contribution is -2.50. The van der Waals surface area contributed by atoms with Gasteiger partial charge in [0.1, 0.15) is 0 Å². The third-order valence-corrected chi connectivity index (χ3v) is 3.50. The van der Waals surface area contributed by atoms with Crippen LogP contribution in [-0.4, -0.2) is 49.1 Å². The number of Topliss-reactive ketones (excluding diaryl/α,β-unsaturated/α-hetero) is 1. The van der Waals surface area contributed by atoms with Gasteiger partial charge in [-0.25, -0.2) is 4.39 Å². The summed E-state index contributed by atoms with van der Waals surface area (Å²) in [5.41, 5.74) is -0.941. The Morgan fingerprint density at radius 1 is 1.24 bits per heavy atom. The van der Waals surface area contributed by atoms with Crippen molar-refractivity contribution in [2.75, 3.05) is 20.8 Å². The number of aliphatic carboxylic acids is 1. The number of ether oxygens (including phenoxy) is 2. The van der Waals surface area contributed by atoms with Crippen molar-refractivity contribution in [1.82, 2.24) is 5.32 Å². The lowest BCUT2D eigenvalue weighted by Gasteiger charge is -2.28. The Balaban J connectivity index is 2.64. The molecule has 2 N–H and O–H groups in total. The molecule has 1 amide bonds. The fraction of sp³-hybridized carbons (Fsp3) is 0.471. The van der Waals surface area contributed by atoms with E-state index >= 15 is 0 Å². The number of halogens is 1. The molecular weight excluding hydrogens is 333 g/mol. The molecule has 0 aliphatic rings. The van der Waals surface area contributed by atoms with Crippen LogP contribution in [-0.2, 0) is 14.3 Å². The van der Waals surface area contributed by atoms with Crippen LogP contribution in [0, 0.1) is 5.82 Å². The second kappa shape index (κ2) is 9.12. The summed E-state index contributed by atoms with van der Waals surface area (Å²) in [4.78, 5) is 35.0. The molecule has 0 radical (unpaired) electrons. The molecule has 25 heavy (non-hydrogen) atoms. The van der Waals surface area contributed by atoms with Gasteiger partial charge in [-0.15, -0.1) is 0 Å². The number of nitrogens with one attached hydrogen (secondary N) is 1. The van der Waals surface area contributed by atoms with E-state index in [1.54, 1.807) is 6.92 Å².